The molecule has 0 fully saturated rings. The van der Waals surface area contributed by atoms with E-state index in [1.165, 1.54) is 6.07 Å². The molecule has 0 unspecified atom stereocenters. The van der Waals surface area contributed by atoms with Gasteiger partial charge in [0.15, 0.2) is 5.82 Å². The van der Waals surface area contributed by atoms with E-state index in [1.54, 1.807) is 12.1 Å². The van der Waals surface area contributed by atoms with E-state index in [1.807, 2.05) is 30.3 Å². The van der Waals surface area contributed by atoms with Gasteiger partial charge in [-0.2, -0.15) is 4.98 Å². The van der Waals surface area contributed by atoms with E-state index < -0.39 is 0 Å². The molecule has 3 rings (SSSR count). The number of hydrogen-bond donors (Lipinski definition) is 1. The van der Waals surface area contributed by atoms with Crippen LogP contribution in [0.4, 0.5) is 4.39 Å². The Morgan fingerprint density at radius 2 is 1.96 bits per heavy atom. The van der Waals surface area contributed by atoms with Crippen LogP contribution in [0.25, 0.3) is 0 Å². The highest BCUT2D eigenvalue weighted by atomic mass is 79.9. The minimum atomic E-state index is -0.329. The number of halogens is 2. The SMILES string of the molecule is O=C(Cc1noc(Cc2ccc(F)c(Br)c2)n1)NCc1ccccc1. The summed E-state index contributed by atoms with van der Waals surface area (Å²) in [7, 11) is 0. The fraction of sp³-hybridized carbons (Fsp3) is 0.167. The zero-order valence-corrected chi connectivity index (χ0v) is 14.8. The van der Waals surface area contributed by atoms with Crippen LogP contribution in [-0.2, 0) is 24.2 Å². The average molecular weight is 404 g/mol. The zero-order chi connectivity index (χ0) is 17.6. The summed E-state index contributed by atoms with van der Waals surface area (Å²) in [6, 6.07) is 14.3. The molecule has 0 atom stereocenters. The minimum absolute atomic E-state index is 0.0451. The average Bonchev–Trinajstić information content (AvgIpc) is 3.04. The summed E-state index contributed by atoms with van der Waals surface area (Å²) in [6.45, 7) is 0.452. The normalized spacial score (nSPS) is 10.6. The maximum atomic E-state index is 13.2. The second-order valence-corrected chi connectivity index (χ2v) is 6.32. The van der Waals surface area contributed by atoms with Crippen LogP contribution in [0.5, 0.6) is 0 Å². The van der Waals surface area contributed by atoms with E-state index in [-0.39, 0.29) is 18.1 Å². The van der Waals surface area contributed by atoms with Gasteiger partial charge in [-0.25, -0.2) is 4.39 Å². The molecular weight excluding hydrogens is 389 g/mol. The van der Waals surface area contributed by atoms with Gasteiger partial charge in [-0.15, -0.1) is 0 Å². The number of rotatable bonds is 6. The quantitative estimate of drug-likeness (QED) is 0.684. The first-order chi connectivity index (χ1) is 12.1. The summed E-state index contributed by atoms with van der Waals surface area (Å²) in [6.07, 6.45) is 0.418. The van der Waals surface area contributed by atoms with Crippen molar-refractivity contribution in [1.29, 1.82) is 0 Å². The number of carbonyl (C=O) groups excluding carboxylic acids is 1. The summed E-state index contributed by atoms with van der Waals surface area (Å²) >= 11 is 3.14. The van der Waals surface area contributed by atoms with Crippen LogP contribution in [0.2, 0.25) is 0 Å². The van der Waals surface area contributed by atoms with Gasteiger partial charge in [0.05, 0.1) is 17.3 Å². The molecule has 128 valence electrons. The van der Waals surface area contributed by atoms with Crippen LogP contribution in [-0.4, -0.2) is 16.0 Å². The number of amides is 1. The molecule has 0 bridgehead atoms. The molecule has 7 heteroatoms. The molecule has 1 heterocycles. The first-order valence-corrected chi connectivity index (χ1v) is 8.45. The van der Waals surface area contributed by atoms with Gasteiger partial charge in [-0.3, -0.25) is 4.79 Å². The van der Waals surface area contributed by atoms with Gasteiger partial charge in [0.25, 0.3) is 0 Å². The van der Waals surface area contributed by atoms with E-state index >= 15 is 0 Å². The van der Waals surface area contributed by atoms with Gasteiger partial charge < -0.3 is 9.84 Å². The topological polar surface area (TPSA) is 68.0 Å². The third-order valence-corrected chi connectivity index (χ3v) is 4.11. The smallest absolute Gasteiger partial charge is 0.231 e. The summed E-state index contributed by atoms with van der Waals surface area (Å²) < 4.78 is 18.8. The molecular formula is C18H15BrFN3O2. The second-order valence-electron chi connectivity index (χ2n) is 5.47. The Hall–Kier alpha value is -2.54. The van der Waals surface area contributed by atoms with Crippen LogP contribution in [0.15, 0.2) is 57.5 Å². The zero-order valence-electron chi connectivity index (χ0n) is 13.2. The van der Waals surface area contributed by atoms with Crippen LogP contribution in [0.1, 0.15) is 22.8 Å². The molecule has 0 saturated carbocycles. The molecule has 2 aromatic carbocycles. The minimum Gasteiger partial charge on any atom is -0.352 e. The summed E-state index contributed by atoms with van der Waals surface area (Å²) in [5.41, 5.74) is 1.85. The molecule has 1 aromatic heterocycles. The fourth-order valence-electron chi connectivity index (χ4n) is 2.26. The Morgan fingerprint density at radius 3 is 2.72 bits per heavy atom. The van der Waals surface area contributed by atoms with Gasteiger partial charge in [0, 0.05) is 6.54 Å². The summed E-state index contributed by atoms with van der Waals surface area (Å²) in [5.74, 6) is 0.192. The third-order valence-electron chi connectivity index (χ3n) is 3.50. The lowest BCUT2D eigenvalue weighted by Crippen LogP contribution is -2.24. The fourth-order valence-corrected chi connectivity index (χ4v) is 2.69. The Balaban J connectivity index is 1.54. The van der Waals surface area contributed by atoms with E-state index in [4.69, 9.17) is 4.52 Å². The van der Waals surface area contributed by atoms with Crippen LogP contribution >= 0.6 is 15.9 Å². The van der Waals surface area contributed by atoms with E-state index in [0.29, 0.717) is 29.2 Å². The lowest BCUT2D eigenvalue weighted by Gasteiger charge is -2.03. The van der Waals surface area contributed by atoms with E-state index in [0.717, 1.165) is 11.1 Å². The molecule has 0 aliphatic carbocycles. The van der Waals surface area contributed by atoms with Gasteiger partial charge in [0.1, 0.15) is 5.82 Å². The highest BCUT2D eigenvalue weighted by Crippen LogP contribution is 2.18. The number of aromatic nitrogens is 2. The molecule has 3 aromatic rings. The molecule has 1 amide bonds. The standard InChI is InChI=1S/C18H15BrFN3O2/c19-14-8-13(6-7-15(14)20)9-18-22-16(23-25-18)10-17(24)21-11-12-4-2-1-3-5-12/h1-8H,9-11H2,(H,21,24). The molecule has 0 saturated heterocycles. The van der Waals surface area contributed by atoms with Crippen molar-refractivity contribution >= 4 is 21.8 Å². The van der Waals surface area contributed by atoms with Crippen molar-refractivity contribution in [2.45, 2.75) is 19.4 Å². The Bertz CT molecular complexity index is 868. The van der Waals surface area contributed by atoms with Crippen LogP contribution < -0.4 is 5.32 Å². The molecule has 0 aliphatic rings. The van der Waals surface area contributed by atoms with Gasteiger partial charge >= 0.3 is 0 Å². The predicted molar refractivity (Wildman–Crippen MR) is 93.2 cm³/mol. The predicted octanol–water partition coefficient (Wildman–Crippen LogP) is 3.42. The highest BCUT2D eigenvalue weighted by molar-refractivity contribution is 9.10. The van der Waals surface area contributed by atoms with Crippen LogP contribution in [0, 0.1) is 5.82 Å². The van der Waals surface area contributed by atoms with E-state index in [2.05, 4.69) is 31.4 Å². The first-order valence-electron chi connectivity index (χ1n) is 7.66. The second kappa shape index (κ2) is 8.02. The number of nitrogens with zero attached hydrogens (tertiary/aromatic N) is 2. The monoisotopic (exact) mass is 403 g/mol. The van der Waals surface area contributed by atoms with Crippen molar-refractivity contribution in [2.75, 3.05) is 0 Å². The maximum absolute atomic E-state index is 13.2. The number of carbonyl (C=O) groups is 1. The van der Waals surface area contributed by atoms with E-state index in [9.17, 15) is 9.18 Å². The van der Waals surface area contributed by atoms with Crippen LogP contribution in [0.3, 0.4) is 0 Å². The summed E-state index contributed by atoms with van der Waals surface area (Å²) in [4.78, 5) is 16.2. The molecule has 5 nitrogen and oxygen atoms in total. The number of hydrogen-bond acceptors (Lipinski definition) is 4. The Kier molecular flexibility index (Phi) is 5.55. The van der Waals surface area contributed by atoms with Crippen molar-refractivity contribution in [3.8, 4) is 0 Å². The van der Waals surface area contributed by atoms with Crippen molar-refractivity contribution in [2.24, 2.45) is 0 Å². The Morgan fingerprint density at radius 1 is 1.16 bits per heavy atom. The lowest BCUT2D eigenvalue weighted by molar-refractivity contribution is -0.120. The highest BCUT2D eigenvalue weighted by Gasteiger charge is 2.12. The number of nitrogens with one attached hydrogen (secondary N) is 1. The number of benzene rings is 2. The van der Waals surface area contributed by atoms with Gasteiger partial charge in [-0.1, -0.05) is 41.6 Å². The third kappa shape index (κ3) is 4.96. The first kappa shape index (κ1) is 17.3. The molecule has 1 N–H and O–H groups in total. The lowest BCUT2D eigenvalue weighted by atomic mass is 10.1. The van der Waals surface area contributed by atoms with Gasteiger partial charge in [0.2, 0.25) is 11.8 Å². The summed E-state index contributed by atoms with van der Waals surface area (Å²) in [5, 5.41) is 6.63. The van der Waals surface area contributed by atoms with Crippen molar-refractivity contribution in [3.05, 3.63) is 81.7 Å². The maximum Gasteiger partial charge on any atom is 0.231 e. The van der Waals surface area contributed by atoms with Crippen molar-refractivity contribution < 1.29 is 13.7 Å². The van der Waals surface area contributed by atoms with Crippen molar-refractivity contribution in [3.63, 3.8) is 0 Å². The molecule has 0 spiro atoms. The van der Waals surface area contributed by atoms with Crippen molar-refractivity contribution in [1.82, 2.24) is 15.5 Å². The largest absolute Gasteiger partial charge is 0.352 e. The van der Waals surface area contributed by atoms with Gasteiger partial charge in [-0.05, 0) is 39.2 Å². The molecule has 0 aliphatic heterocycles. The molecule has 0 radical (unpaired) electrons. The molecule has 25 heavy (non-hydrogen) atoms. The Labute approximate surface area is 152 Å².